The molecule has 1 amide bonds. The van der Waals surface area contributed by atoms with Crippen LogP contribution in [0.1, 0.15) is 13.3 Å². The smallest absolute Gasteiger partial charge is 0.248 e. The van der Waals surface area contributed by atoms with Gasteiger partial charge in [-0.1, -0.05) is 0 Å². The Morgan fingerprint density at radius 3 is 2.56 bits per heavy atom. The van der Waals surface area contributed by atoms with Gasteiger partial charge in [-0.25, -0.2) is 0 Å². The van der Waals surface area contributed by atoms with Gasteiger partial charge in [0, 0.05) is 32.8 Å². The highest BCUT2D eigenvalue weighted by atomic mass is 16.5. The lowest BCUT2D eigenvalue weighted by Crippen LogP contribution is -2.50. The molecule has 0 radical (unpaired) electrons. The van der Waals surface area contributed by atoms with E-state index in [0.29, 0.717) is 6.61 Å². The second kappa shape index (κ2) is 7.60. The fourth-order valence-electron chi connectivity index (χ4n) is 1.82. The lowest BCUT2D eigenvalue weighted by molar-refractivity contribution is -0.137. The van der Waals surface area contributed by atoms with Crippen molar-refractivity contribution < 1.29 is 9.53 Å². The van der Waals surface area contributed by atoms with Crippen LogP contribution in [-0.4, -0.2) is 68.2 Å². The summed E-state index contributed by atoms with van der Waals surface area (Å²) in [7, 11) is 0. The first-order valence-corrected chi connectivity index (χ1v) is 6.06. The molecule has 0 aromatic heterocycles. The van der Waals surface area contributed by atoms with E-state index in [4.69, 9.17) is 10.5 Å². The van der Waals surface area contributed by atoms with Gasteiger partial charge < -0.3 is 15.4 Å². The third kappa shape index (κ3) is 4.47. The number of nitrogens with zero attached hydrogens (tertiary/aromatic N) is 2. The molecule has 2 N–H and O–H groups in total. The molecule has 1 saturated heterocycles. The average molecular weight is 229 g/mol. The third-order valence-electron chi connectivity index (χ3n) is 2.83. The summed E-state index contributed by atoms with van der Waals surface area (Å²) in [6, 6.07) is 0. The maximum absolute atomic E-state index is 11.6. The summed E-state index contributed by atoms with van der Waals surface area (Å²) in [5.74, 6) is 0.111. The van der Waals surface area contributed by atoms with Crippen LogP contribution in [0.25, 0.3) is 0 Å². The van der Waals surface area contributed by atoms with Crippen LogP contribution in [0.3, 0.4) is 0 Å². The molecule has 0 bridgehead atoms. The Bertz CT molecular complexity index is 203. The van der Waals surface area contributed by atoms with Crippen LogP contribution in [0.5, 0.6) is 0 Å². The van der Waals surface area contributed by atoms with Gasteiger partial charge >= 0.3 is 0 Å². The van der Waals surface area contributed by atoms with Crippen molar-refractivity contribution in [1.29, 1.82) is 0 Å². The number of piperazine rings is 1. The van der Waals surface area contributed by atoms with Crippen LogP contribution in [0.2, 0.25) is 0 Å². The first-order chi connectivity index (χ1) is 7.77. The molecule has 1 aliphatic rings. The van der Waals surface area contributed by atoms with Gasteiger partial charge in [0.1, 0.15) is 6.61 Å². The Morgan fingerprint density at radius 2 is 2.00 bits per heavy atom. The van der Waals surface area contributed by atoms with Gasteiger partial charge in [-0.05, 0) is 26.4 Å². The molecule has 16 heavy (non-hydrogen) atoms. The van der Waals surface area contributed by atoms with Gasteiger partial charge in [0.15, 0.2) is 0 Å². The molecule has 1 rings (SSSR count). The summed E-state index contributed by atoms with van der Waals surface area (Å²) in [6.07, 6.45) is 1.03. The summed E-state index contributed by atoms with van der Waals surface area (Å²) >= 11 is 0. The second-order valence-electron chi connectivity index (χ2n) is 4.00. The van der Waals surface area contributed by atoms with Crippen LogP contribution >= 0.6 is 0 Å². The molecule has 1 fully saturated rings. The van der Waals surface area contributed by atoms with Crippen molar-refractivity contribution in [2.75, 3.05) is 52.5 Å². The molecule has 0 saturated carbocycles. The minimum Gasteiger partial charge on any atom is -0.372 e. The number of hydrogen-bond acceptors (Lipinski definition) is 4. The van der Waals surface area contributed by atoms with Gasteiger partial charge in [0.05, 0.1) is 0 Å². The van der Waals surface area contributed by atoms with E-state index in [1.165, 1.54) is 0 Å². The summed E-state index contributed by atoms with van der Waals surface area (Å²) in [5.41, 5.74) is 5.47. The lowest BCUT2D eigenvalue weighted by Gasteiger charge is -2.34. The van der Waals surface area contributed by atoms with Gasteiger partial charge in [-0.2, -0.15) is 0 Å². The van der Waals surface area contributed by atoms with E-state index in [1.54, 1.807) is 0 Å². The highest BCUT2D eigenvalue weighted by Crippen LogP contribution is 2.02. The molecular formula is C11H23N3O2. The molecular weight excluding hydrogens is 206 g/mol. The molecule has 0 aliphatic carbocycles. The standard InChI is InChI=1S/C11H23N3O2/c1-2-16-10-11(15)14-8-6-13(7-9-14)5-3-4-12/h2-10,12H2,1H3. The molecule has 1 aliphatic heterocycles. The number of rotatable bonds is 6. The van der Waals surface area contributed by atoms with Crippen LogP contribution in [-0.2, 0) is 9.53 Å². The van der Waals surface area contributed by atoms with E-state index in [9.17, 15) is 4.79 Å². The van der Waals surface area contributed by atoms with Gasteiger partial charge in [-0.15, -0.1) is 0 Å². The fraction of sp³-hybridized carbons (Fsp3) is 0.909. The lowest BCUT2D eigenvalue weighted by atomic mass is 10.3. The zero-order chi connectivity index (χ0) is 11.8. The van der Waals surface area contributed by atoms with Crippen LogP contribution in [0.15, 0.2) is 0 Å². The van der Waals surface area contributed by atoms with Crippen molar-refractivity contribution in [3.05, 3.63) is 0 Å². The van der Waals surface area contributed by atoms with Crippen LogP contribution in [0.4, 0.5) is 0 Å². The van der Waals surface area contributed by atoms with Crippen molar-refractivity contribution in [3.8, 4) is 0 Å². The van der Waals surface area contributed by atoms with E-state index in [-0.39, 0.29) is 12.5 Å². The normalized spacial score (nSPS) is 17.8. The Kier molecular flexibility index (Phi) is 6.37. The van der Waals surface area contributed by atoms with Crippen molar-refractivity contribution in [3.63, 3.8) is 0 Å². The highest BCUT2D eigenvalue weighted by molar-refractivity contribution is 5.77. The summed E-state index contributed by atoms with van der Waals surface area (Å²) in [6.45, 7) is 8.05. The van der Waals surface area contributed by atoms with Crippen LogP contribution in [0, 0.1) is 0 Å². The number of hydrogen-bond donors (Lipinski definition) is 1. The summed E-state index contributed by atoms with van der Waals surface area (Å²) in [4.78, 5) is 15.9. The first kappa shape index (κ1) is 13.4. The summed E-state index contributed by atoms with van der Waals surface area (Å²) in [5, 5.41) is 0. The minimum atomic E-state index is 0.111. The molecule has 0 aromatic carbocycles. The number of ether oxygens (including phenoxy) is 1. The fourth-order valence-corrected chi connectivity index (χ4v) is 1.82. The highest BCUT2D eigenvalue weighted by Gasteiger charge is 2.20. The first-order valence-electron chi connectivity index (χ1n) is 6.06. The predicted octanol–water partition coefficient (Wildman–Crippen LogP) is -0.484. The monoisotopic (exact) mass is 229 g/mol. The van der Waals surface area contributed by atoms with Gasteiger partial charge in [0.25, 0.3) is 0 Å². The molecule has 0 aromatic rings. The Balaban J connectivity index is 2.18. The van der Waals surface area contributed by atoms with Crippen molar-refractivity contribution in [2.45, 2.75) is 13.3 Å². The molecule has 1 heterocycles. The van der Waals surface area contributed by atoms with E-state index in [0.717, 1.165) is 45.7 Å². The second-order valence-corrected chi connectivity index (χ2v) is 4.00. The molecule has 0 unspecified atom stereocenters. The quantitative estimate of drug-likeness (QED) is 0.668. The van der Waals surface area contributed by atoms with Gasteiger partial charge in [0.2, 0.25) is 5.91 Å². The van der Waals surface area contributed by atoms with E-state index < -0.39 is 0 Å². The number of nitrogens with two attached hydrogens (primary N) is 1. The van der Waals surface area contributed by atoms with Crippen molar-refractivity contribution in [2.24, 2.45) is 5.73 Å². The number of amides is 1. The minimum absolute atomic E-state index is 0.111. The van der Waals surface area contributed by atoms with Gasteiger partial charge in [-0.3, -0.25) is 9.69 Å². The Morgan fingerprint density at radius 1 is 1.31 bits per heavy atom. The molecule has 5 nitrogen and oxygen atoms in total. The largest absolute Gasteiger partial charge is 0.372 e. The number of carbonyl (C=O) groups is 1. The maximum Gasteiger partial charge on any atom is 0.248 e. The van der Waals surface area contributed by atoms with E-state index in [2.05, 4.69) is 4.90 Å². The number of carbonyl (C=O) groups excluding carboxylic acids is 1. The Labute approximate surface area is 97.5 Å². The van der Waals surface area contributed by atoms with Crippen molar-refractivity contribution >= 4 is 5.91 Å². The average Bonchev–Trinajstić information content (AvgIpc) is 2.34. The molecule has 94 valence electrons. The van der Waals surface area contributed by atoms with Crippen LogP contribution < -0.4 is 5.73 Å². The van der Waals surface area contributed by atoms with E-state index in [1.807, 2.05) is 11.8 Å². The molecule has 5 heteroatoms. The zero-order valence-electron chi connectivity index (χ0n) is 10.2. The predicted molar refractivity (Wildman–Crippen MR) is 63.2 cm³/mol. The van der Waals surface area contributed by atoms with E-state index >= 15 is 0 Å². The summed E-state index contributed by atoms with van der Waals surface area (Å²) < 4.78 is 5.12. The topological polar surface area (TPSA) is 58.8 Å². The molecule has 0 spiro atoms. The molecule has 0 atom stereocenters. The zero-order valence-corrected chi connectivity index (χ0v) is 10.2. The Hall–Kier alpha value is -0.650. The SMILES string of the molecule is CCOCC(=O)N1CCN(CCCN)CC1. The third-order valence-corrected chi connectivity index (χ3v) is 2.83. The maximum atomic E-state index is 11.6. The van der Waals surface area contributed by atoms with Crippen molar-refractivity contribution in [1.82, 2.24) is 9.80 Å².